The Labute approximate surface area is 196 Å². The number of amides is 2. The lowest BCUT2D eigenvalue weighted by Crippen LogP contribution is -2.35. The number of likely N-dealkylation sites (tertiary alicyclic amines) is 1. The van der Waals surface area contributed by atoms with Gasteiger partial charge in [-0.1, -0.05) is 25.4 Å². The highest BCUT2D eigenvalue weighted by molar-refractivity contribution is 6.31. The lowest BCUT2D eigenvalue weighted by Gasteiger charge is -2.22. The molecule has 0 spiro atoms. The smallest absolute Gasteiger partial charge is 0.233 e. The number of hydrogen-bond donors (Lipinski definition) is 1. The molecule has 0 bridgehead atoms. The molecule has 2 unspecified atom stereocenters. The lowest BCUT2D eigenvalue weighted by atomic mass is 10.1. The van der Waals surface area contributed by atoms with Crippen LogP contribution in [0.5, 0.6) is 0 Å². The monoisotopic (exact) mass is 464 g/mol. The number of imide groups is 1. The van der Waals surface area contributed by atoms with E-state index in [0.29, 0.717) is 5.02 Å². The summed E-state index contributed by atoms with van der Waals surface area (Å²) in [4.78, 5) is 33.8. The van der Waals surface area contributed by atoms with Gasteiger partial charge >= 0.3 is 0 Å². The fraction of sp³-hybridized carbons (Fsp3) is 0.417. The van der Waals surface area contributed by atoms with E-state index in [-0.39, 0.29) is 41.7 Å². The molecule has 6 rings (SSSR count). The Morgan fingerprint density at radius 3 is 2.64 bits per heavy atom. The molecule has 170 valence electrons. The fourth-order valence-electron chi connectivity index (χ4n) is 5.60. The van der Waals surface area contributed by atoms with E-state index in [2.05, 4.69) is 15.0 Å². The average molecular weight is 465 g/mol. The number of aromatic nitrogens is 3. The normalized spacial score (nSPS) is 25.9. The van der Waals surface area contributed by atoms with Crippen LogP contribution in [-0.4, -0.2) is 50.4 Å². The fourth-order valence-corrected chi connectivity index (χ4v) is 5.77. The summed E-state index contributed by atoms with van der Waals surface area (Å²) in [6.07, 6.45) is 4.30. The maximum atomic E-state index is 12.8. The second-order valence-corrected chi connectivity index (χ2v) is 10.4. The number of fused-ring (bicyclic) bond motifs is 2. The molecule has 0 radical (unpaired) electrons. The molecule has 2 amide bonds. The maximum Gasteiger partial charge on any atom is 0.233 e. The Hall–Kier alpha value is -2.97. The molecule has 9 heteroatoms. The third kappa shape index (κ3) is 3.08. The van der Waals surface area contributed by atoms with Crippen molar-refractivity contribution in [2.24, 2.45) is 23.0 Å². The Morgan fingerprint density at radius 2 is 1.94 bits per heavy atom. The molecule has 33 heavy (non-hydrogen) atoms. The van der Waals surface area contributed by atoms with Gasteiger partial charge in [-0.3, -0.25) is 14.5 Å². The van der Waals surface area contributed by atoms with Crippen molar-refractivity contribution in [3.8, 4) is 11.3 Å². The summed E-state index contributed by atoms with van der Waals surface area (Å²) < 4.78 is 1.74. The van der Waals surface area contributed by atoms with E-state index in [1.54, 1.807) is 4.52 Å². The number of halogens is 1. The van der Waals surface area contributed by atoms with Gasteiger partial charge in [-0.15, -0.1) is 0 Å². The Bertz CT molecular complexity index is 1290. The molecule has 2 aliphatic heterocycles. The van der Waals surface area contributed by atoms with Crippen LogP contribution < -0.4 is 10.6 Å². The minimum Gasteiger partial charge on any atom is -0.369 e. The Morgan fingerprint density at radius 1 is 1.18 bits per heavy atom. The van der Waals surface area contributed by atoms with Gasteiger partial charge in [-0.2, -0.15) is 5.10 Å². The van der Waals surface area contributed by atoms with Gasteiger partial charge in [-0.25, -0.2) is 9.50 Å². The summed E-state index contributed by atoms with van der Waals surface area (Å²) in [7, 11) is 0. The van der Waals surface area contributed by atoms with Crippen molar-refractivity contribution in [2.75, 3.05) is 18.0 Å². The van der Waals surface area contributed by atoms with Crippen molar-refractivity contribution in [3.63, 3.8) is 0 Å². The van der Waals surface area contributed by atoms with Gasteiger partial charge in [0.05, 0.1) is 29.6 Å². The third-order valence-electron chi connectivity index (χ3n) is 7.47. The number of rotatable bonds is 4. The van der Waals surface area contributed by atoms with E-state index in [1.807, 2.05) is 44.3 Å². The first kappa shape index (κ1) is 20.6. The van der Waals surface area contributed by atoms with Crippen molar-refractivity contribution < 1.29 is 9.59 Å². The molecule has 1 aliphatic carbocycles. The van der Waals surface area contributed by atoms with E-state index in [1.165, 1.54) is 11.2 Å². The first-order valence-electron chi connectivity index (χ1n) is 11.2. The number of carbonyl (C=O) groups excluding carboxylic acids is 2. The largest absolute Gasteiger partial charge is 0.369 e. The van der Waals surface area contributed by atoms with E-state index in [0.717, 1.165) is 47.5 Å². The summed E-state index contributed by atoms with van der Waals surface area (Å²) in [5, 5.41) is 4.98. The summed E-state index contributed by atoms with van der Waals surface area (Å²) in [6, 6.07) is 7.90. The number of benzene rings is 1. The number of nitrogens with zero attached hydrogens (tertiary/aromatic N) is 5. The SMILES string of the molecule is CC1(C)C2C(=O)N(Cc3cc4c(-c5cc(Cl)ccc5N5CC[C@H](N)C5)ncnn4c3)C(=O)C21. The van der Waals surface area contributed by atoms with Gasteiger partial charge in [0.15, 0.2) is 0 Å². The van der Waals surface area contributed by atoms with Gasteiger partial charge in [0, 0.05) is 41.6 Å². The molecule has 2 saturated heterocycles. The zero-order valence-electron chi connectivity index (χ0n) is 18.5. The number of hydrogen-bond acceptors (Lipinski definition) is 6. The van der Waals surface area contributed by atoms with Gasteiger partial charge in [-0.05, 0) is 41.7 Å². The van der Waals surface area contributed by atoms with Crippen LogP contribution in [0, 0.1) is 17.3 Å². The van der Waals surface area contributed by atoms with Crippen molar-refractivity contribution in [1.29, 1.82) is 0 Å². The van der Waals surface area contributed by atoms with Crippen molar-refractivity contribution in [3.05, 3.63) is 47.4 Å². The van der Waals surface area contributed by atoms with Gasteiger partial charge in [0.25, 0.3) is 0 Å². The molecule has 3 aromatic rings. The average Bonchev–Trinajstić information content (AvgIpc) is 3.16. The first-order valence-corrected chi connectivity index (χ1v) is 11.6. The minimum absolute atomic E-state index is 0.0703. The predicted molar refractivity (Wildman–Crippen MR) is 125 cm³/mol. The van der Waals surface area contributed by atoms with Crippen molar-refractivity contribution in [1.82, 2.24) is 19.5 Å². The molecule has 1 saturated carbocycles. The highest BCUT2D eigenvalue weighted by Crippen LogP contribution is 2.63. The van der Waals surface area contributed by atoms with E-state index >= 15 is 0 Å². The van der Waals surface area contributed by atoms with Crippen LogP contribution in [0.3, 0.4) is 0 Å². The highest BCUT2D eigenvalue weighted by Gasteiger charge is 2.72. The summed E-state index contributed by atoms with van der Waals surface area (Å²) >= 11 is 6.37. The molecule has 1 aromatic carbocycles. The zero-order chi connectivity index (χ0) is 23.1. The maximum absolute atomic E-state index is 12.8. The van der Waals surface area contributed by atoms with E-state index in [9.17, 15) is 9.59 Å². The topological polar surface area (TPSA) is 96.8 Å². The molecular weight excluding hydrogens is 440 g/mol. The van der Waals surface area contributed by atoms with Crippen LogP contribution in [0.25, 0.3) is 16.8 Å². The molecule has 3 aliphatic rings. The second kappa shape index (κ2) is 7.01. The quantitative estimate of drug-likeness (QED) is 0.596. The van der Waals surface area contributed by atoms with E-state index in [4.69, 9.17) is 17.3 Å². The predicted octanol–water partition coefficient (Wildman–Crippen LogP) is 2.73. The Balaban J connectivity index is 1.37. The molecule has 3 fully saturated rings. The molecule has 4 heterocycles. The van der Waals surface area contributed by atoms with Crippen LogP contribution in [0.15, 0.2) is 36.8 Å². The van der Waals surface area contributed by atoms with Crippen molar-refractivity contribution in [2.45, 2.75) is 32.9 Å². The summed E-state index contributed by atoms with van der Waals surface area (Å²) in [5.74, 6) is -0.505. The number of piperidine rings is 1. The number of nitrogens with two attached hydrogens (primary N) is 1. The molecule has 8 nitrogen and oxygen atoms in total. The molecule has 2 N–H and O–H groups in total. The summed E-state index contributed by atoms with van der Waals surface area (Å²) in [5.41, 5.74) is 10.3. The molecule has 2 aromatic heterocycles. The van der Waals surface area contributed by atoms with Crippen LogP contribution in [0.4, 0.5) is 5.69 Å². The first-order chi connectivity index (χ1) is 15.8. The highest BCUT2D eigenvalue weighted by atomic mass is 35.5. The van der Waals surface area contributed by atoms with Gasteiger partial charge < -0.3 is 10.6 Å². The summed E-state index contributed by atoms with van der Waals surface area (Å²) in [6.45, 7) is 5.87. The lowest BCUT2D eigenvalue weighted by molar-refractivity contribution is -0.143. The van der Waals surface area contributed by atoms with Crippen LogP contribution in [0.2, 0.25) is 5.02 Å². The molecule has 3 atom stereocenters. The van der Waals surface area contributed by atoms with Gasteiger partial charge in [0.1, 0.15) is 6.33 Å². The van der Waals surface area contributed by atoms with Crippen LogP contribution in [-0.2, 0) is 16.1 Å². The Kier molecular flexibility index (Phi) is 4.38. The standard InChI is InChI=1S/C24H25ClN6O2/c1-24(2)19-20(24)23(33)30(22(19)32)9-13-7-18-21(27-12-28-31(18)10-13)16-8-14(25)3-4-17(16)29-6-5-15(26)11-29/h3-4,7-8,10,12,15,19-20H,5-6,9,11,26H2,1-2H3/t15-,19?,20?/m0/s1. The van der Waals surface area contributed by atoms with E-state index < -0.39 is 0 Å². The minimum atomic E-state index is -0.212. The second-order valence-electron chi connectivity index (χ2n) is 9.98. The van der Waals surface area contributed by atoms with Gasteiger partial charge in [0.2, 0.25) is 11.8 Å². The number of anilines is 1. The molecular formula is C24H25ClN6O2. The third-order valence-corrected chi connectivity index (χ3v) is 7.71. The van der Waals surface area contributed by atoms with Crippen molar-refractivity contribution >= 4 is 34.6 Å². The van der Waals surface area contributed by atoms with Crippen LogP contribution >= 0.6 is 11.6 Å². The number of carbonyl (C=O) groups is 2. The van der Waals surface area contributed by atoms with Crippen LogP contribution in [0.1, 0.15) is 25.8 Å². The zero-order valence-corrected chi connectivity index (χ0v) is 19.3.